The predicted molar refractivity (Wildman–Crippen MR) is 67.7 cm³/mol. The Morgan fingerprint density at radius 1 is 0.706 bits per heavy atom. The minimum absolute atomic E-state index is 0.481. The number of Topliss-reactive ketones (excluding diaryl/α,β-unsaturated/α-hetero) is 4. The zero-order valence-corrected chi connectivity index (χ0v) is 14.4. The van der Waals surface area contributed by atoms with Gasteiger partial charge in [-0.15, -0.1) is 0 Å². The van der Waals surface area contributed by atoms with Gasteiger partial charge in [0.15, 0.2) is 0 Å². The summed E-state index contributed by atoms with van der Waals surface area (Å²) in [4.78, 5) is 45.7. The summed E-state index contributed by atoms with van der Waals surface area (Å²) in [7, 11) is 12.3. The van der Waals surface area contributed by atoms with Crippen LogP contribution in [-0.2, 0) is 19.2 Å². The van der Waals surface area contributed by atoms with Gasteiger partial charge in [-0.3, -0.25) is 0 Å². The molecule has 17 heavy (non-hydrogen) atoms. The molecule has 0 aromatic rings. The van der Waals surface area contributed by atoms with Crippen LogP contribution in [0.4, 0.5) is 0 Å². The Hall–Kier alpha value is 0.0587. The molecule has 0 saturated carbocycles. The van der Waals surface area contributed by atoms with Crippen LogP contribution < -0.4 is 0 Å². The third-order valence-corrected chi connectivity index (χ3v) is 17.3. The van der Waals surface area contributed by atoms with Crippen molar-refractivity contribution in [3.63, 3.8) is 0 Å². The van der Waals surface area contributed by atoms with Crippen LogP contribution in [0.25, 0.3) is 0 Å². The van der Waals surface area contributed by atoms with E-state index in [4.69, 9.17) is 17.8 Å². The maximum atomic E-state index is 11.4. The van der Waals surface area contributed by atoms with E-state index in [1.807, 2.05) is 0 Å². The van der Waals surface area contributed by atoms with Crippen molar-refractivity contribution in [2.45, 2.75) is 35.6 Å². The van der Waals surface area contributed by atoms with Crippen LogP contribution >= 0.6 is 17.8 Å². The Morgan fingerprint density at radius 2 is 0.882 bits per heavy atom. The molecule has 0 aromatic heterocycles. The molecule has 0 aliphatic carbocycles. The van der Waals surface area contributed by atoms with E-state index >= 15 is 0 Å². The summed E-state index contributed by atoms with van der Waals surface area (Å²) in [5.41, 5.74) is 0. The van der Waals surface area contributed by atoms with Crippen LogP contribution in [-0.4, -0.2) is 39.3 Å². The van der Waals surface area contributed by atoms with E-state index in [1.54, 1.807) is 0 Å². The molecular formula is C10H14Cl2O4Sn. The molecule has 0 aliphatic heterocycles. The van der Waals surface area contributed by atoms with Crippen LogP contribution in [0.3, 0.4) is 0 Å². The van der Waals surface area contributed by atoms with Gasteiger partial charge >= 0.3 is 112 Å². The zero-order chi connectivity index (χ0) is 14.0. The van der Waals surface area contributed by atoms with Crippen LogP contribution in [0.1, 0.15) is 27.7 Å². The van der Waals surface area contributed by atoms with Crippen LogP contribution in [0.2, 0.25) is 7.87 Å². The molecule has 0 fully saturated rings. The molecule has 0 rings (SSSR count). The molecule has 0 saturated heterocycles. The fraction of sp³-hybridized carbons (Fsp3) is 0.600. The maximum absolute atomic E-state index is 11.4. The molecule has 0 amide bonds. The Balaban J connectivity index is 5.61. The zero-order valence-electron chi connectivity index (χ0n) is 10.0. The third kappa shape index (κ3) is 4.03. The molecule has 0 N–H and O–H groups in total. The van der Waals surface area contributed by atoms with Gasteiger partial charge < -0.3 is 0 Å². The molecule has 0 aromatic carbocycles. The van der Waals surface area contributed by atoms with E-state index in [0.29, 0.717) is 0 Å². The van der Waals surface area contributed by atoms with Crippen molar-refractivity contribution in [2.24, 2.45) is 0 Å². The van der Waals surface area contributed by atoms with Crippen molar-refractivity contribution < 1.29 is 19.2 Å². The first-order valence-electron chi connectivity index (χ1n) is 4.93. The number of carbonyl (C=O) groups is 4. The summed E-state index contributed by atoms with van der Waals surface area (Å²) < 4.78 is -2.35. The molecule has 0 spiro atoms. The first kappa shape index (κ1) is 17.1. The van der Waals surface area contributed by atoms with Gasteiger partial charge in [-0.1, -0.05) is 0 Å². The van der Waals surface area contributed by atoms with E-state index < -0.39 is 47.1 Å². The molecule has 0 atom stereocenters. The fourth-order valence-corrected chi connectivity index (χ4v) is 17.2. The molecule has 4 nitrogen and oxygen atoms in total. The Bertz CT molecular complexity index is 317. The number of ketones is 4. The molecule has 0 heterocycles. The fourth-order valence-electron chi connectivity index (χ4n) is 1.82. The first-order valence-corrected chi connectivity index (χ1v) is 15.5. The summed E-state index contributed by atoms with van der Waals surface area (Å²) >= 11 is -4.51. The average Bonchev–Trinajstić information content (AvgIpc) is 1.96. The normalized spacial score (nSPS) is 11.8. The van der Waals surface area contributed by atoms with Crippen molar-refractivity contribution in [1.82, 2.24) is 0 Å². The van der Waals surface area contributed by atoms with Crippen molar-refractivity contribution >= 4 is 57.1 Å². The topological polar surface area (TPSA) is 68.3 Å². The summed E-state index contributed by atoms with van der Waals surface area (Å²) in [5.74, 6) is -1.92. The standard InChI is InChI=1S/2C5H7O2.2ClH.Sn/c2*1-4(6)3-5(2)7;;;/h2*3H,1-2H3;2*1H;/q;;;;+2/p-2. The molecular weight excluding hydrogens is 374 g/mol. The van der Waals surface area contributed by atoms with E-state index in [9.17, 15) is 19.2 Å². The molecule has 0 radical (unpaired) electrons. The quantitative estimate of drug-likeness (QED) is 0.516. The molecule has 7 heteroatoms. The molecule has 0 aliphatic rings. The number of hydrogen-bond acceptors (Lipinski definition) is 4. The number of carbonyl (C=O) groups excluding carboxylic acids is 4. The van der Waals surface area contributed by atoms with Crippen molar-refractivity contribution in [2.75, 3.05) is 0 Å². The number of hydrogen-bond donors (Lipinski definition) is 0. The number of rotatable bonds is 6. The SMILES string of the molecule is CC(=O)[CH](C(C)=O)[Sn]([Cl])([Cl])[CH](C(C)=O)C(C)=O. The van der Waals surface area contributed by atoms with Gasteiger partial charge in [0, 0.05) is 0 Å². The second-order valence-electron chi connectivity index (χ2n) is 3.98. The van der Waals surface area contributed by atoms with Gasteiger partial charge in [-0.2, -0.15) is 0 Å². The van der Waals surface area contributed by atoms with Crippen LogP contribution in [0, 0.1) is 0 Å². The van der Waals surface area contributed by atoms with Crippen LogP contribution in [0.5, 0.6) is 0 Å². The Morgan fingerprint density at radius 3 is 1.00 bits per heavy atom. The van der Waals surface area contributed by atoms with Crippen molar-refractivity contribution in [3.8, 4) is 0 Å². The second-order valence-corrected chi connectivity index (χ2v) is 20.8. The first-order chi connectivity index (χ1) is 7.53. The predicted octanol–water partition coefficient (Wildman–Crippen LogP) is 2.00. The second kappa shape index (κ2) is 6.29. The van der Waals surface area contributed by atoms with Gasteiger partial charge in [0.05, 0.1) is 0 Å². The van der Waals surface area contributed by atoms with Crippen molar-refractivity contribution in [1.29, 1.82) is 0 Å². The average molecular weight is 388 g/mol. The van der Waals surface area contributed by atoms with Gasteiger partial charge in [-0.05, 0) is 0 Å². The van der Waals surface area contributed by atoms with Gasteiger partial charge in [0.25, 0.3) is 0 Å². The summed E-state index contributed by atoms with van der Waals surface area (Å²) in [5, 5.41) is 0. The van der Waals surface area contributed by atoms with E-state index in [2.05, 4.69) is 0 Å². The van der Waals surface area contributed by atoms with E-state index in [1.165, 1.54) is 27.7 Å². The molecule has 0 unspecified atom stereocenters. The summed E-state index contributed by atoms with van der Waals surface area (Å²) in [6.45, 7) is 4.78. The Labute approximate surface area is 111 Å². The third-order valence-electron chi connectivity index (χ3n) is 2.40. The van der Waals surface area contributed by atoms with Crippen LogP contribution in [0.15, 0.2) is 0 Å². The molecule has 0 bridgehead atoms. The van der Waals surface area contributed by atoms with Gasteiger partial charge in [0.2, 0.25) is 0 Å². The summed E-state index contributed by atoms with van der Waals surface area (Å²) in [6, 6.07) is 0. The van der Waals surface area contributed by atoms with E-state index in [0.717, 1.165) is 0 Å². The molecule has 96 valence electrons. The van der Waals surface area contributed by atoms with E-state index in [-0.39, 0.29) is 0 Å². The summed E-state index contributed by atoms with van der Waals surface area (Å²) in [6.07, 6.45) is 0. The minimum atomic E-state index is -4.51. The number of halogens is 2. The Kier molecular flexibility index (Phi) is 6.31. The van der Waals surface area contributed by atoms with Gasteiger partial charge in [-0.25, -0.2) is 0 Å². The van der Waals surface area contributed by atoms with Crippen molar-refractivity contribution in [3.05, 3.63) is 0 Å². The van der Waals surface area contributed by atoms with Gasteiger partial charge in [0.1, 0.15) is 0 Å². The monoisotopic (exact) mass is 388 g/mol.